The lowest BCUT2D eigenvalue weighted by atomic mass is 10.2. The van der Waals surface area contributed by atoms with E-state index in [0.29, 0.717) is 16.6 Å². The van der Waals surface area contributed by atoms with E-state index >= 15 is 0 Å². The number of likely N-dealkylation sites (N-methyl/N-ethyl adjacent to an activating group) is 1. The third kappa shape index (κ3) is 4.90. The number of anilines is 2. The first-order chi connectivity index (χ1) is 13.5. The largest absolute Gasteiger partial charge is 0.367 e. The van der Waals surface area contributed by atoms with Crippen molar-refractivity contribution < 1.29 is 4.79 Å². The molecular weight excluding hydrogens is 395 g/mol. The van der Waals surface area contributed by atoms with E-state index in [-0.39, 0.29) is 6.03 Å². The zero-order valence-electron chi connectivity index (χ0n) is 16.3. The number of nitrogens with one attached hydrogen (secondary N) is 1. The first-order valence-corrected chi connectivity index (χ1v) is 10.3. The van der Waals surface area contributed by atoms with Crippen molar-refractivity contribution in [3.05, 3.63) is 58.1 Å². The second kappa shape index (κ2) is 9.50. The maximum absolute atomic E-state index is 12.8. The highest BCUT2D eigenvalue weighted by Crippen LogP contribution is 2.28. The number of hydrogen-bond acceptors (Lipinski definition) is 3. The van der Waals surface area contributed by atoms with Crippen LogP contribution in [0.25, 0.3) is 0 Å². The zero-order valence-corrected chi connectivity index (χ0v) is 17.8. The smallest absolute Gasteiger partial charge is 0.321 e. The van der Waals surface area contributed by atoms with Crippen LogP contribution in [-0.2, 0) is 6.54 Å². The molecule has 0 unspecified atom stereocenters. The molecule has 0 aliphatic carbocycles. The predicted octanol–water partition coefficient (Wildman–Crippen LogP) is 4.80. The normalized spacial score (nSPS) is 14.8. The van der Waals surface area contributed by atoms with Crippen molar-refractivity contribution >= 4 is 40.6 Å². The quantitative estimate of drug-likeness (QED) is 0.754. The predicted molar refractivity (Wildman–Crippen MR) is 118 cm³/mol. The minimum atomic E-state index is -0.185. The van der Waals surface area contributed by atoms with E-state index in [1.807, 2.05) is 30.3 Å². The molecule has 2 aromatic carbocycles. The number of urea groups is 1. The maximum Gasteiger partial charge on any atom is 0.321 e. The Labute approximate surface area is 176 Å². The van der Waals surface area contributed by atoms with E-state index < -0.39 is 0 Å². The number of carbonyl (C=O) groups excluding carboxylic acids is 1. The summed E-state index contributed by atoms with van der Waals surface area (Å²) in [6, 6.07) is 13.2. The molecule has 0 radical (unpaired) electrons. The Morgan fingerprint density at radius 2 is 1.79 bits per heavy atom. The SMILES string of the molecule is CCN1CCN(c2ccccc2NC(=O)N(C)Cc2cccc(Cl)c2Cl)CC1. The molecule has 150 valence electrons. The summed E-state index contributed by atoms with van der Waals surface area (Å²) in [5.41, 5.74) is 2.69. The molecule has 1 aliphatic rings. The highest BCUT2D eigenvalue weighted by atomic mass is 35.5. The Morgan fingerprint density at radius 3 is 2.50 bits per heavy atom. The van der Waals surface area contributed by atoms with Crippen LogP contribution < -0.4 is 10.2 Å². The summed E-state index contributed by atoms with van der Waals surface area (Å²) in [6.45, 7) is 7.61. The molecule has 7 heteroatoms. The zero-order chi connectivity index (χ0) is 20.1. The third-order valence-electron chi connectivity index (χ3n) is 5.09. The number of amides is 2. The Bertz CT molecular complexity index is 822. The third-order valence-corrected chi connectivity index (χ3v) is 5.95. The minimum absolute atomic E-state index is 0.185. The van der Waals surface area contributed by atoms with E-state index in [4.69, 9.17) is 23.2 Å². The lowest BCUT2D eigenvalue weighted by molar-refractivity contribution is 0.220. The monoisotopic (exact) mass is 420 g/mol. The molecule has 0 atom stereocenters. The van der Waals surface area contributed by atoms with Gasteiger partial charge in [-0.3, -0.25) is 0 Å². The van der Waals surface area contributed by atoms with Crippen molar-refractivity contribution in [2.75, 3.05) is 50.0 Å². The fourth-order valence-electron chi connectivity index (χ4n) is 3.37. The summed E-state index contributed by atoms with van der Waals surface area (Å²) in [6.07, 6.45) is 0. The molecule has 2 amide bonds. The van der Waals surface area contributed by atoms with E-state index in [1.54, 1.807) is 18.0 Å². The standard InChI is InChI=1S/C21H26Cl2N4O/c1-3-26-11-13-27(14-12-26)19-10-5-4-9-18(19)24-21(28)25(2)15-16-7-6-8-17(22)20(16)23/h4-10H,3,11-15H2,1-2H3,(H,24,28). The van der Waals surface area contributed by atoms with Gasteiger partial charge in [-0.15, -0.1) is 0 Å². The lowest BCUT2D eigenvalue weighted by Gasteiger charge is -2.36. The van der Waals surface area contributed by atoms with Crippen molar-refractivity contribution in [1.82, 2.24) is 9.80 Å². The van der Waals surface area contributed by atoms with Gasteiger partial charge in [-0.05, 0) is 30.3 Å². The van der Waals surface area contributed by atoms with Crippen LogP contribution in [0, 0.1) is 0 Å². The molecule has 1 N–H and O–H groups in total. The van der Waals surface area contributed by atoms with Gasteiger partial charge in [-0.1, -0.05) is 54.4 Å². The Kier molecular flexibility index (Phi) is 7.05. The van der Waals surface area contributed by atoms with Crippen LogP contribution in [-0.4, -0.2) is 55.6 Å². The van der Waals surface area contributed by atoms with Crippen LogP contribution in [0.15, 0.2) is 42.5 Å². The van der Waals surface area contributed by atoms with Gasteiger partial charge in [0.05, 0.1) is 21.4 Å². The summed E-state index contributed by atoms with van der Waals surface area (Å²) in [5, 5.41) is 4.02. The van der Waals surface area contributed by atoms with Gasteiger partial charge in [0.25, 0.3) is 0 Å². The van der Waals surface area contributed by atoms with Crippen molar-refractivity contribution in [3.8, 4) is 0 Å². The molecule has 28 heavy (non-hydrogen) atoms. The summed E-state index contributed by atoms with van der Waals surface area (Å²) in [5.74, 6) is 0. The molecule has 1 fully saturated rings. The average Bonchev–Trinajstić information content (AvgIpc) is 2.72. The molecule has 5 nitrogen and oxygen atoms in total. The van der Waals surface area contributed by atoms with Crippen LogP contribution in [0.2, 0.25) is 10.0 Å². The molecule has 3 rings (SSSR count). The first kappa shape index (κ1) is 20.8. The van der Waals surface area contributed by atoms with Gasteiger partial charge in [0.1, 0.15) is 0 Å². The molecule has 1 heterocycles. The van der Waals surface area contributed by atoms with E-state index in [1.165, 1.54) is 0 Å². The molecule has 0 spiro atoms. The summed E-state index contributed by atoms with van der Waals surface area (Å²) in [7, 11) is 1.75. The van der Waals surface area contributed by atoms with Crippen LogP contribution in [0.5, 0.6) is 0 Å². The highest BCUT2D eigenvalue weighted by Gasteiger charge is 2.20. The van der Waals surface area contributed by atoms with Gasteiger partial charge in [0, 0.05) is 39.8 Å². The van der Waals surface area contributed by atoms with E-state index in [9.17, 15) is 4.79 Å². The van der Waals surface area contributed by atoms with Crippen molar-refractivity contribution in [1.29, 1.82) is 0 Å². The first-order valence-electron chi connectivity index (χ1n) is 9.51. The second-order valence-corrected chi connectivity index (χ2v) is 7.72. The van der Waals surface area contributed by atoms with Gasteiger partial charge in [0.2, 0.25) is 0 Å². The van der Waals surface area contributed by atoms with Gasteiger partial charge < -0.3 is 20.0 Å². The molecular formula is C21H26Cl2N4O. The number of rotatable bonds is 5. The number of hydrogen-bond donors (Lipinski definition) is 1. The fourth-order valence-corrected chi connectivity index (χ4v) is 3.75. The number of para-hydroxylation sites is 2. The number of nitrogens with zero attached hydrogens (tertiary/aromatic N) is 3. The molecule has 0 saturated carbocycles. The molecule has 1 saturated heterocycles. The van der Waals surface area contributed by atoms with E-state index in [0.717, 1.165) is 49.7 Å². The molecule has 0 aromatic heterocycles. The number of halogens is 2. The maximum atomic E-state index is 12.8. The lowest BCUT2D eigenvalue weighted by Crippen LogP contribution is -2.46. The number of piperazine rings is 1. The average molecular weight is 421 g/mol. The van der Waals surface area contributed by atoms with Gasteiger partial charge in [-0.25, -0.2) is 4.79 Å². The van der Waals surface area contributed by atoms with Gasteiger partial charge in [0.15, 0.2) is 0 Å². The summed E-state index contributed by atoms with van der Waals surface area (Å²) < 4.78 is 0. The van der Waals surface area contributed by atoms with Crippen molar-refractivity contribution in [2.45, 2.75) is 13.5 Å². The topological polar surface area (TPSA) is 38.8 Å². The van der Waals surface area contributed by atoms with Crippen LogP contribution in [0.4, 0.5) is 16.2 Å². The second-order valence-electron chi connectivity index (χ2n) is 6.94. The van der Waals surface area contributed by atoms with Gasteiger partial charge in [-0.2, -0.15) is 0 Å². The van der Waals surface area contributed by atoms with Crippen LogP contribution >= 0.6 is 23.2 Å². The van der Waals surface area contributed by atoms with Crippen LogP contribution in [0.1, 0.15) is 12.5 Å². The number of carbonyl (C=O) groups is 1. The van der Waals surface area contributed by atoms with Crippen molar-refractivity contribution in [2.24, 2.45) is 0 Å². The summed E-state index contributed by atoms with van der Waals surface area (Å²) in [4.78, 5) is 19.1. The summed E-state index contributed by atoms with van der Waals surface area (Å²) >= 11 is 12.3. The Balaban J connectivity index is 1.68. The van der Waals surface area contributed by atoms with Crippen molar-refractivity contribution in [3.63, 3.8) is 0 Å². The fraction of sp³-hybridized carbons (Fsp3) is 0.381. The van der Waals surface area contributed by atoms with Crippen LogP contribution in [0.3, 0.4) is 0 Å². The minimum Gasteiger partial charge on any atom is -0.367 e. The molecule has 0 bridgehead atoms. The van der Waals surface area contributed by atoms with Gasteiger partial charge >= 0.3 is 6.03 Å². The molecule has 2 aromatic rings. The Morgan fingerprint density at radius 1 is 1.07 bits per heavy atom. The number of benzene rings is 2. The molecule has 1 aliphatic heterocycles. The van der Waals surface area contributed by atoms with E-state index in [2.05, 4.69) is 28.1 Å². The Hall–Kier alpha value is -1.95. The highest BCUT2D eigenvalue weighted by molar-refractivity contribution is 6.42.